The Labute approximate surface area is 91.3 Å². The molecule has 78 valence electrons. The van der Waals surface area contributed by atoms with Crippen LogP contribution >= 0.6 is 11.6 Å². The van der Waals surface area contributed by atoms with E-state index in [4.69, 9.17) is 11.6 Å². The van der Waals surface area contributed by atoms with Crippen LogP contribution in [0.15, 0.2) is 6.33 Å². The Hall–Kier alpha value is -1.36. The van der Waals surface area contributed by atoms with Crippen LogP contribution in [0, 0.1) is 0 Å². The fourth-order valence-corrected chi connectivity index (χ4v) is 1.87. The highest BCUT2D eigenvalue weighted by Gasteiger charge is 2.21. The maximum absolute atomic E-state index is 5.83. The molecule has 0 amide bonds. The SMILES string of the molecule is Clc1nc(NC2CCC2)c2[nH]c[nH+]c2n1. The lowest BCUT2D eigenvalue weighted by atomic mass is 9.93. The number of nitrogens with one attached hydrogen (secondary N) is 3. The van der Waals surface area contributed by atoms with Crippen molar-refractivity contribution in [3.8, 4) is 0 Å². The van der Waals surface area contributed by atoms with Gasteiger partial charge in [-0.05, 0) is 30.9 Å². The second kappa shape index (κ2) is 3.34. The third kappa shape index (κ3) is 1.52. The topological polar surface area (TPSA) is 67.7 Å². The maximum atomic E-state index is 5.83. The van der Waals surface area contributed by atoms with Crippen molar-refractivity contribution < 1.29 is 4.98 Å². The number of nitrogens with zero attached hydrogens (tertiary/aromatic N) is 2. The van der Waals surface area contributed by atoms with E-state index < -0.39 is 0 Å². The van der Waals surface area contributed by atoms with Gasteiger partial charge in [0.25, 0.3) is 0 Å². The molecule has 1 saturated carbocycles. The van der Waals surface area contributed by atoms with Gasteiger partial charge in [0, 0.05) is 6.04 Å². The summed E-state index contributed by atoms with van der Waals surface area (Å²) >= 11 is 5.83. The van der Waals surface area contributed by atoms with E-state index >= 15 is 0 Å². The van der Waals surface area contributed by atoms with Crippen molar-refractivity contribution in [2.75, 3.05) is 5.32 Å². The molecule has 2 heterocycles. The summed E-state index contributed by atoms with van der Waals surface area (Å²) in [6.45, 7) is 0. The molecule has 0 spiro atoms. The van der Waals surface area contributed by atoms with E-state index in [1.54, 1.807) is 6.33 Å². The molecular weight excluding hydrogens is 214 g/mol. The van der Waals surface area contributed by atoms with Gasteiger partial charge in [-0.2, -0.15) is 4.98 Å². The zero-order chi connectivity index (χ0) is 10.3. The second-order valence-corrected chi connectivity index (χ2v) is 4.11. The van der Waals surface area contributed by atoms with Gasteiger partial charge >= 0.3 is 10.9 Å². The van der Waals surface area contributed by atoms with Crippen molar-refractivity contribution in [3.05, 3.63) is 11.6 Å². The van der Waals surface area contributed by atoms with Crippen LogP contribution in [0.25, 0.3) is 11.2 Å². The normalized spacial score (nSPS) is 16.6. The first kappa shape index (κ1) is 8.91. The lowest BCUT2D eigenvalue weighted by molar-refractivity contribution is -0.347. The predicted molar refractivity (Wildman–Crippen MR) is 56.7 cm³/mol. The lowest BCUT2D eigenvalue weighted by Gasteiger charge is -2.26. The molecule has 0 bridgehead atoms. The van der Waals surface area contributed by atoms with Gasteiger partial charge < -0.3 is 5.32 Å². The molecule has 0 aliphatic heterocycles. The van der Waals surface area contributed by atoms with E-state index in [2.05, 4.69) is 25.3 Å². The first-order chi connectivity index (χ1) is 7.33. The molecule has 1 aliphatic rings. The van der Waals surface area contributed by atoms with Crippen LogP contribution in [0.2, 0.25) is 5.28 Å². The molecule has 2 aromatic rings. The smallest absolute Gasteiger partial charge is 0.306 e. The third-order valence-corrected chi connectivity index (χ3v) is 2.92. The summed E-state index contributed by atoms with van der Waals surface area (Å²) < 4.78 is 0. The standard InChI is InChI=1S/C9H10ClN5/c10-9-14-7-6(11-4-12-7)8(15-9)13-5-2-1-3-5/h4-5H,1-3H2,(H2,11,12,13,14,15)/p+1. The monoisotopic (exact) mass is 224 g/mol. The van der Waals surface area contributed by atoms with E-state index in [9.17, 15) is 0 Å². The zero-order valence-corrected chi connectivity index (χ0v) is 8.80. The highest BCUT2D eigenvalue weighted by molar-refractivity contribution is 6.28. The number of H-pyrrole nitrogens is 2. The van der Waals surface area contributed by atoms with Crippen LogP contribution in [-0.4, -0.2) is 21.0 Å². The van der Waals surface area contributed by atoms with Gasteiger partial charge in [-0.25, -0.2) is 4.98 Å². The Morgan fingerprint density at radius 1 is 1.47 bits per heavy atom. The van der Waals surface area contributed by atoms with Crippen LogP contribution in [0.5, 0.6) is 0 Å². The summed E-state index contributed by atoms with van der Waals surface area (Å²) in [7, 11) is 0. The van der Waals surface area contributed by atoms with Crippen LogP contribution in [0.1, 0.15) is 19.3 Å². The van der Waals surface area contributed by atoms with E-state index in [0.717, 1.165) is 17.0 Å². The van der Waals surface area contributed by atoms with Gasteiger partial charge in [0.05, 0.1) is 0 Å². The molecular formula is C9H11ClN5+. The van der Waals surface area contributed by atoms with Crippen molar-refractivity contribution >= 4 is 28.6 Å². The fraction of sp³-hybridized carbons (Fsp3) is 0.444. The molecule has 0 radical (unpaired) electrons. The molecule has 6 heteroatoms. The zero-order valence-electron chi connectivity index (χ0n) is 8.05. The molecule has 5 nitrogen and oxygen atoms in total. The number of aromatic nitrogens is 4. The summed E-state index contributed by atoms with van der Waals surface area (Å²) in [5.74, 6) is 0.788. The van der Waals surface area contributed by atoms with Gasteiger partial charge in [0.2, 0.25) is 5.52 Å². The summed E-state index contributed by atoms with van der Waals surface area (Å²) in [5.41, 5.74) is 1.61. The molecule has 0 unspecified atom stereocenters. The molecule has 1 fully saturated rings. The van der Waals surface area contributed by atoms with Gasteiger partial charge in [0.1, 0.15) is 0 Å². The van der Waals surface area contributed by atoms with Crippen molar-refractivity contribution in [1.82, 2.24) is 15.0 Å². The number of fused-ring (bicyclic) bond motifs is 1. The Kier molecular flexibility index (Phi) is 1.98. The van der Waals surface area contributed by atoms with Gasteiger partial charge in [-0.1, -0.05) is 4.98 Å². The number of imidazole rings is 1. The summed E-state index contributed by atoms with van der Waals surface area (Å²) in [4.78, 5) is 14.3. The van der Waals surface area contributed by atoms with E-state index in [1.807, 2.05) is 0 Å². The average Bonchev–Trinajstić information content (AvgIpc) is 2.58. The molecule has 0 atom stereocenters. The molecule has 3 N–H and O–H groups in total. The molecule has 3 rings (SSSR count). The van der Waals surface area contributed by atoms with Gasteiger partial charge in [-0.15, -0.1) is 0 Å². The first-order valence-corrected chi connectivity index (χ1v) is 5.39. The Morgan fingerprint density at radius 3 is 3.07 bits per heavy atom. The molecule has 1 aliphatic carbocycles. The minimum Gasteiger partial charge on any atom is -0.364 e. The number of aromatic amines is 2. The van der Waals surface area contributed by atoms with E-state index in [0.29, 0.717) is 6.04 Å². The lowest BCUT2D eigenvalue weighted by Crippen LogP contribution is -2.27. The minimum atomic E-state index is 0.264. The summed E-state index contributed by atoms with van der Waals surface area (Å²) in [6, 6.07) is 0.530. The number of anilines is 1. The Morgan fingerprint density at radius 2 is 2.33 bits per heavy atom. The van der Waals surface area contributed by atoms with Crippen molar-refractivity contribution in [2.45, 2.75) is 25.3 Å². The van der Waals surface area contributed by atoms with E-state index in [1.165, 1.54) is 19.3 Å². The Bertz CT molecular complexity index is 490. The maximum Gasteiger partial charge on any atom is 0.306 e. The highest BCUT2D eigenvalue weighted by Crippen LogP contribution is 2.25. The van der Waals surface area contributed by atoms with Crippen molar-refractivity contribution in [1.29, 1.82) is 0 Å². The molecule has 2 aromatic heterocycles. The van der Waals surface area contributed by atoms with Crippen LogP contribution in [0.3, 0.4) is 0 Å². The summed E-state index contributed by atoms with van der Waals surface area (Å²) in [6.07, 6.45) is 5.42. The predicted octanol–water partition coefficient (Wildman–Crippen LogP) is 1.39. The second-order valence-electron chi connectivity index (χ2n) is 3.77. The largest absolute Gasteiger partial charge is 0.364 e. The number of hydrogen-bond donors (Lipinski definition) is 2. The minimum absolute atomic E-state index is 0.264. The number of halogens is 1. The number of hydrogen-bond acceptors (Lipinski definition) is 3. The quantitative estimate of drug-likeness (QED) is 0.758. The van der Waals surface area contributed by atoms with Crippen LogP contribution in [-0.2, 0) is 0 Å². The van der Waals surface area contributed by atoms with Gasteiger partial charge in [0.15, 0.2) is 12.1 Å². The van der Waals surface area contributed by atoms with Gasteiger partial charge in [-0.3, -0.25) is 4.98 Å². The van der Waals surface area contributed by atoms with Crippen molar-refractivity contribution in [3.63, 3.8) is 0 Å². The van der Waals surface area contributed by atoms with Crippen LogP contribution < -0.4 is 10.3 Å². The third-order valence-electron chi connectivity index (χ3n) is 2.75. The van der Waals surface area contributed by atoms with E-state index in [-0.39, 0.29) is 5.28 Å². The van der Waals surface area contributed by atoms with Crippen molar-refractivity contribution in [2.24, 2.45) is 0 Å². The summed E-state index contributed by atoms with van der Waals surface area (Å²) in [5, 5.41) is 3.63. The van der Waals surface area contributed by atoms with Crippen LogP contribution in [0.4, 0.5) is 5.82 Å². The molecule has 15 heavy (non-hydrogen) atoms. The first-order valence-electron chi connectivity index (χ1n) is 5.02. The molecule has 0 saturated heterocycles. The Balaban J connectivity index is 2.02. The average molecular weight is 225 g/mol. The highest BCUT2D eigenvalue weighted by atomic mass is 35.5. The fourth-order valence-electron chi connectivity index (χ4n) is 1.70. The molecule has 0 aromatic carbocycles. The number of rotatable bonds is 2.